The summed E-state index contributed by atoms with van der Waals surface area (Å²) < 4.78 is 0. The lowest BCUT2D eigenvalue weighted by Gasteiger charge is -2.24. The summed E-state index contributed by atoms with van der Waals surface area (Å²) in [6.45, 7) is 4.87. The zero-order valence-electron chi connectivity index (χ0n) is 18.2. The van der Waals surface area contributed by atoms with Crippen molar-refractivity contribution in [2.75, 3.05) is 25.0 Å². The van der Waals surface area contributed by atoms with Gasteiger partial charge in [-0.15, -0.1) is 0 Å². The molecule has 4 rings (SSSR count). The van der Waals surface area contributed by atoms with Crippen molar-refractivity contribution in [1.29, 1.82) is 0 Å². The van der Waals surface area contributed by atoms with E-state index in [1.54, 1.807) is 17.8 Å². The van der Waals surface area contributed by atoms with Crippen LogP contribution in [0.4, 0.5) is 5.69 Å². The van der Waals surface area contributed by atoms with Crippen molar-refractivity contribution >= 4 is 35.7 Å². The van der Waals surface area contributed by atoms with E-state index in [1.165, 1.54) is 19.3 Å². The quantitative estimate of drug-likeness (QED) is 0.567. The van der Waals surface area contributed by atoms with E-state index in [1.807, 2.05) is 36.4 Å². The van der Waals surface area contributed by atoms with Crippen molar-refractivity contribution in [1.82, 2.24) is 10.2 Å². The van der Waals surface area contributed by atoms with E-state index in [0.29, 0.717) is 29.4 Å². The molecule has 2 aliphatic rings. The molecule has 3 N–H and O–H groups in total. The monoisotopic (exact) mass is 455 g/mol. The van der Waals surface area contributed by atoms with Crippen molar-refractivity contribution in [2.24, 2.45) is 0 Å². The van der Waals surface area contributed by atoms with Crippen LogP contribution in [0.15, 0.2) is 52.3 Å². The van der Waals surface area contributed by atoms with Gasteiger partial charge in [-0.1, -0.05) is 37.2 Å². The highest BCUT2D eigenvalue weighted by atomic mass is 32.2. The minimum atomic E-state index is -0.250. The number of hydrogen-bond acceptors (Lipinski definition) is 5. The van der Waals surface area contributed by atoms with E-state index < -0.39 is 0 Å². The third kappa shape index (κ3) is 5.89. The van der Waals surface area contributed by atoms with Crippen molar-refractivity contribution < 1.29 is 19.5 Å². The van der Waals surface area contributed by atoms with Gasteiger partial charge in [-0.05, 0) is 62.7 Å². The molecule has 0 bridgehead atoms. The molecular weight excluding hydrogens is 426 g/mol. The Labute approximate surface area is 192 Å². The first-order valence-corrected chi connectivity index (χ1v) is 11.7. The molecule has 1 fully saturated rings. The Morgan fingerprint density at radius 1 is 1.28 bits per heavy atom. The number of carbonyl (C=O) groups excluding carboxylic acids is 2. The van der Waals surface area contributed by atoms with Crippen molar-refractivity contribution in [2.45, 2.75) is 48.4 Å². The molecule has 2 aromatic rings. The van der Waals surface area contributed by atoms with E-state index in [0.717, 1.165) is 29.3 Å². The highest BCUT2D eigenvalue weighted by Crippen LogP contribution is 2.39. The second-order valence-electron chi connectivity index (χ2n) is 7.76. The van der Waals surface area contributed by atoms with Gasteiger partial charge in [0.25, 0.3) is 18.3 Å². The van der Waals surface area contributed by atoms with Crippen LogP contribution < -0.4 is 10.6 Å². The molecule has 2 aromatic carbocycles. The molecule has 2 amide bonds. The standard InChI is InChI=1S/C23H27N3O2S.CH2O2/c1-2-3-12-26-13-6-7-17(26)15-24-22(27)16-10-11-21-19(14-16)25-23(28)18-8-4-5-9-20(18)29-21;2-1-3/h4-5,8-11,14,17H,2-3,6-7,12-13,15H2,1H3,(H,24,27)(H,25,28);1H,(H,2,3). The first-order chi connectivity index (χ1) is 15.6. The summed E-state index contributed by atoms with van der Waals surface area (Å²) >= 11 is 1.55. The Kier molecular flexibility index (Phi) is 8.70. The van der Waals surface area contributed by atoms with Crippen molar-refractivity contribution in [3.05, 3.63) is 53.6 Å². The van der Waals surface area contributed by atoms with Crippen LogP contribution >= 0.6 is 11.8 Å². The lowest BCUT2D eigenvalue weighted by molar-refractivity contribution is -0.122. The topological polar surface area (TPSA) is 98.7 Å². The van der Waals surface area contributed by atoms with Crippen LogP contribution in [0.25, 0.3) is 0 Å². The van der Waals surface area contributed by atoms with Crippen LogP contribution in [-0.2, 0) is 4.79 Å². The van der Waals surface area contributed by atoms with E-state index in [4.69, 9.17) is 9.90 Å². The number of rotatable bonds is 6. The summed E-state index contributed by atoms with van der Waals surface area (Å²) in [5, 5.41) is 12.9. The second-order valence-corrected chi connectivity index (χ2v) is 8.85. The summed E-state index contributed by atoms with van der Waals surface area (Å²) in [4.78, 5) is 38.0. The molecular formula is C24H29N3O4S. The van der Waals surface area contributed by atoms with Gasteiger partial charge in [0.2, 0.25) is 0 Å². The molecule has 2 heterocycles. The number of likely N-dealkylation sites (tertiary alicyclic amines) is 1. The minimum Gasteiger partial charge on any atom is -0.483 e. The molecule has 0 aromatic heterocycles. The molecule has 0 spiro atoms. The van der Waals surface area contributed by atoms with Crippen LogP contribution in [0, 0.1) is 0 Å². The molecule has 170 valence electrons. The Morgan fingerprint density at radius 3 is 2.84 bits per heavy atom. The van der Waals surface area contributed by atoms with Crippen LogP contribution in [0.3, 0.4) is 0 Å². The fourth-order valence-corrected chi connectivity index (χ4v) is 5.01. The fourth-order valence-electron chi connectivity index (χ4n) is 4.00. The number of carboxylic acid groups (broad SMARTS) is 1. The SMILES string of the molecule is CCCCN1CCCC1CNC(=O)c1ccc2c(c1)NC(=O)c1ccccc1S2.O=CO. The Bertz CT molecular complexity index is 966. The summed E-state index contributed by atoms with van der Waals surface area (Å²) in [5.74, 6) is -0.224. The molecule has 1 unspecified atom stereocenters. The smallest absolute Gasteiger partial charge is 0.290 e. The Hall–Kier alpha value is -2.84. The highest BCUT2D eigenvalue weighted by Gasteiger charge is 2.25. The number of anilines is 1. The maximum Gasteiger partial charge on any atom is 0.290 e. The molecule has 8 heteroatoms. The highest BCUT2D eigenvalue weighted by molar-refractivity contribution is 7.99. The van der Waals surface area contributed by atoms with Crippen molar-refractivity contribution in [3.8, 4) is 0 Å². The number of unbranched alkanes of at least 4 members (excludes halogenated alkanes) is 1. The molecule has 32 heavy (non-hydrogen) atoms. The largest absolute Gasteiger partial charge is 0.483 e. The predicted octanol–water partition coefficient (Wildman–Crippen LogP) is 4.10. The van der Waals surface area contributed by atoms with Crippen molar-refractivity contribution in [3.63, 3.8) is 0 Å². The van der Waals surface area contributed by atoms with Gasteiger partial charge in [0.15, 0.2) is 0 Å². The van der Waals surface area contributed by atoms with Gasteiger partial charge < -0.3 is 15.7 Å². The maximum absolute atomic E-state index is 12.7. The zero-order valence-corrected chi connectivity index (χ0v) is 19.0. The molecule has 7 nitrogen and oxygen atoms in total. The van der Waals surface area contributed by atoms with Gasteiger partial charge in [-0.2, -0.15) is 0 Å². The molecule has 0 radical (unpaired) electrons. The number of fused-ring (bicyclic) bond motifs is 2. The van der Waals surface area contributed by atoms with Crippen LogP contribution in [0.2, 0.25) is 0 Å². The minimum absolute atomic E-state index is 0.0869. The number of nitrogens with one attached hydrogen (secondary N) is 2. The van der Waals surface area contributed by atoms with Gasteiger partial charge in [-0.25, -0.2) is 0 Å². The number of carbonyl (C=O) groups is 3. The molecule has 2 aliphatic heterocycles. The first-order valence-electron chi connectivity index (χ1n) is 10.9. The summed E-state index contributed by atoms with van der Waals surface area (Å²) in [7, 11) is 0. The average molecular weight is 456 g/mol. The van der Waals surface area contributed by atoms with Gasteiger partial charge in [0, 0.05) is 27.9 Å². The third-order valence-corrected chi connectivity index (χ3v) is 6.79. The van der Waals surface area contributed by atoms with Crippen LogP contribution in [-0.4, -0.2) is 54.0 Å². The number of amides is 2. The number of benzene rings is 2. The van der Waals surface area contributed by atoms with Gasteiger partial charge in [0.1, 0.15) is 0 Å². The van der Waals surface area contributed by atoms with E-state index in [2.05, 4.69) is 22.5 Å². The summed E-state index contributed by atoms with van der Waals surface area (Å²) in [6.07, 6.45) is 4.74. The predicted molar refractivity (Wildman–Crippen MR) is 125 cm³/mol. The lowest BCUT2D eigenvalue weighted by atomic mass is 10.1. The Morgan fingerprint density at radius 2 is 2.06 bits per heavy atom. The van der Waals surface area contributed by atoms with E-state index in [-0.39, 0.29) is 18.3 Å². The zero-order chi connectivity index (χ0) is 22.9. The maximum atomic E-state index is 12.7. The first kappa shape index (κ1) is 23.8. The van der Waals surface area contributed by atoms with E-state index >= 15 is 0 Å². The fraction of sp³-hybridized carbons (Fsp3) is 0.375. The second kappa shape index (κ2) is 11.7. The number of hydrogen-bond donors (Lipinski definition) is 3. The van der Waals surface area contributed by atoms with Crippen LogP contribution in [0.5, 0.6) is 0 Å². The van der Waals surface area contributed by atoms with Gasteiger partial charge in [-0.3, -0.25) is 19.3 Å². The van der Waals surface area contributed by atoms with Crippen LogP contribution in [0.1, 0.15) is 53.3 Å². The average Bonchev–Trinajstić information content (AvgIpc) is 3.19. The molecule has 1 saturated heterocycles. The Balaban J connectivity index is 0.000000913. The molecule has 0 aliphatic carbocycles. The van der Waals surface area contributed by atoms with Gasteiger partial charge in [0.05, 0.1) is 11.3 Å². The summed E-state index contributed by atoms with van der Waals surface area (Å²) in [5.41, 5.74) is 1.93. The van der Waals surface area contributed by atoms with Gasteiger partial charge >= 0.3 is 0 Å². The molecule has 1 atom stereocenters. The van der Waals surface area contributed by atoms with E-state index in [9.17, 15) is 9.59 Å². The normalized spacial score (nSPS) is 17.2. The third-order valence-electron chi connectivity index (χ3n) is 5.64. The summed E-state index contributed by atoms with van der Waals surface area (Å²) in [6, 6.07) is 13.5. The number of nitrogens with zero attached hydrogens (tertiary/aromatic N) is 1. The molecule has 0 saturated carbocycles. The lowest BCUT2D eigenvalue weighted by Crippen LogP contribution is -2.40.